The van der Waals surface area contributed by atoms with Crippen LogP contribution in [0.5, 0.6) is 0 Å². The van der Waals surface area contributed by atoms with Gasteiger partial charge in [-0.2, -0.15) is 0 Å². The summed E-state index contributed by atoms with van der Waals surface area (Å²) < 4.78 is 0. The average molecular weight is 666 g/mol. The van der Waals surface area contributed by atoms with Gasteiger partial charge in [0.05, 0.1) is 5.69 Å². The molecule has 0 saturated heterocycles. The predicted octanol–water partition coefficient (Wildman–Crippen LogP) is 5.80. The second-order valence-corrected chi connectivity index (χ2v) is 12.8. The van der Waals surface area contributed by atoms with Crippen molar-refractivity contribution in [2.24, 2.45) is 0 Å². The van der Waals surface area contributed by atoms with Crippen LogP contribution >= 0.6 is 11.6 Å². The van der Waals surface area contributed by atoms with Crippen LogP contribution in [0.25, 0.3) is 16.3 Å². The smallest absolute Gasteiger partial charge is 0.261 e. The van der Waals surface area contributed by atoms with Crippen molar-refractivity contribution in [2.45, 2.75) is 33.1 Å². The van der Waals surface area contributed by atoms with Crippen molar-refractivity contribution >= 4 is 57.3 Å². The molecular formula is C38H40ClN5O4. The van der Waals surface area contributed by atoms with E-state index in [0.29, 0.717) is 52.3 Å². The molecule has 0 unspecified atom stereocenters. The van der Waals surface area contributed by atoms with Gasteiger partial charge < -0.3 is 15.1 Å². The van der Waals surface area contributed by atoms with Crippen molar-refractivity contribution in [3.8, 4) is 0 Å². The molecule has 1 N–H and O–H groups in total. The summed E-state index contributed by atoms with van der Waals surface area (Å²) >= 11 is 6.45. The van der Waals surface area contributed by atoms with Crippen LogP contribution in [0.2, 0.25) is 5.02 Å². The van der Waals surface area contributed by atoms with E-state index in [-0.39, 0.29) is 36.7 Å². The fourth-order valence-electron chi connectivity index (χ4n) is 6.96. The van der Waals surface area contributed by atoms with Crippen molar-refractivity contribution in [1.29, 1.82) is 0 Å². The van der Waals surface area contributed by atoms with Crippen LogP contribution in [0.4, 0.5) is 5.69 Å². The van der Waals surface area contributed by atoms with Gasteiger partial charge in [0.15, 0.2) is 0 Å². The Labute approximate surface area is 286 Å². The lowest BCUT2D eigenvalue weighted by Crippen LogP contribution is -2.46. The van der Waals surface area contributed by atoms with Crippen LogP contribution in [-0.2, 0) is 11.2 Å². The Morgan fingerprint density at radius 2 is 1.67 bits per heavy atom. The summed E-state index contributed by atoms with van der Waals surface area (Å²) in [6.07, 6.45) is 9.76. The van der Waals surface area contributed by atoms with Crippen LogP contribution in [0.3, 0.4) is 0 Å². The van der Waals surface area contributed by atoms with Gasteiger partial charge in [-0.3, -0.25) is 29.0 Å². The second-order valence-electron chi connectivity index (χ2n) is 12.4. The number of allylic oxidation sites excluding steroid dienone is 2. The molecule has 2 heterocycles. The van der Waals surface area contributed by atoms with Gasteiger partial charge in [0.1, 0.15) is 0 Å². The third-order valence-electron chi connectivity index (χ3n) is 9.48. The van der Waals surface area contributed by atoms with Gasteiger partial charge >= 0.3 is 0 Å². The molecule has 1 aliphatic carbocycles. The molecule has 248 valence electrons. The number of nitrogens with zero attached hydrogens (tertiary/aromatic N) is 4. The molecule has 3 aromatic carbocycles. The van der Waals surface area contributed by atoms with Crippen molar-refractivity contribution in [2.75, 3.05) is 51.2 Å². The first-order chi connectivity index (χ1) is 23.2. The molecule has 3 aliphatic rings. The summed E-state index contributed by atoms with van der Waals surface area (Å²) in [5.74, 6) is -1.12. The van der Waals surface area contributed by atoms with E-state index in [4.69, 9.17) is 11.6 Å². The van der Waals surface area contributed by atoms with Crippen LogP contribution in [-0.4, -0.2) is 84.6 Å². The summed E-state index contributed by atoms with van der Waals surface area (Å²) in [6.45, 7) is 10.7. The van der Waals surface area contributed by atoms with E-state index in [1.165, 1.54) is 9.80 Å². The SMILES string of the molecule is C=CN(/C=C\C)c1ccc2c3c(cccc13)C(=O)N(CCN(C)CCCNCCN1C(=O)C3=CCCc4c(C)c(Cl)cc(c43)C1=O)C2=O. The van der Waals surface area contributed by atoms with E-state index in [1.54, 1.807) is 24.4 Å². The molecule has 0 atom stereocenters. The molecule has 4 amide bonds. The summed E-state index contributed by atoms with van der Waals surface area (Å²) in [4.78, 5) is 60.3. The number of rotatable bonds is 13. The van der Waals surface area contributed by atoms with Gasteiger partial charge in [-0.15, -0.1) is 0 Å². The van der Waals surface area contributed by atoms with Crippen LogP contribution < -0.4 is 10.2 Å². The topological polar surface area (TPSA) is 93.3 Å². The fraction of sp³-hybridized carbons (Fsp3) is 0.316. The molecular weight excluding hydrogens is 626 g/mol. The first kappa shape index (κ1) is 33.3. The minimum absolute atomic E-state index is 0.245. The molecule has 9 nitrogen and oxygen atoms in total. The number of imide groups is 2. The number of halogens is 1. The Hall–Kier alpha value is -4.57. The highest BCUT2D eigenvalue weighted by molar-refractivity contribution is 6.35. The van der Waals surface area contributed by atoms with Crippen molar-refractivity contribution in [3.05, 3.63) is 106 Å². The number of hydrogen-bond acceptors (Lipinski definition) is 7. The lowest BCUT2D eigenvalue weighted by molar-refractivity contribution is -0.122. The van der Waals surface area contributed by atoms with E-state index < -0.39 is 0 Å². The normalized spacial score (nSPS) is 15.6. The molecule has 0 aromatic heterocycles. The minimum Gasteiger partial charge on any atom is -0.324 e. The summed E-state index contributed by atoms with van der Waals surface area (Å²) in [7, 11) is 1.96. The molecule has 0 saturated carbocycles. The molecule has 6 rings (SSSR count). The van der Waals surface area contributed by atoms with E-state index >= 15 is 0 Å². The van der Waals surface area contributed by atoms with E-state index in [2.05, 4.69) is 16.8 Å². The predicted molar refractivity (Wildman–Crippen MR) is 190 cm³/mol. The van der Waals surface area contributed by atoms with Crippen LogP contribution in [0.15, 0.2) is 67.5 Å². The zero-order valence-corrected chi connectivity index (χ0v) is 28.4. The van der Waals surface area contributed by atoms with Gasteiger partial charge in [-0.1, -0.05) is 42.5 Å². The highest BCUT2D eigenvalue weighted by Crippen LogP contribution is 2.40. The number of carbonyl (C=O) groups excluding carboxylic acids is 4. The Morgan fingerprint density at radius 1 is 0.938 bits per heavy atom. The average Bonchev–Trinajstić information content (AvgIpc) is 3.09. The maximum absolute atomic E-state index is 13.5. The number of anilines is 1. The Morgan fingerprint density at radius 3 is 2.42 bits per heavy atom. The second kappa shape index (κ2) is 13.9. The summed E-state index contributed by atoms with van der Waals surface area (Å²) in [5.41, 5.74) is 5.71. The zero-order valence-electron chi connectivity index (χ0n) is 27.6. The summed E-state index contributed by atoms with van der Waals surface area (Å²) in [5, 5.41) is 5.40. The number of likely N-dealkylation sites (N-methyl/N-ethyl adjacent to an activating group) is 1. The zero-order chi connectivity index (χ0) is 34.1. The number of hydrogen-bond donors (Lipinski definition) is 1. The minimum atomic E-state index is -0.299. The first-order valence-corrected chi connectivity index (χ1v) is 16.8. The Bertz CT molecular complexity index is 1890. The summed E-state index contributed by atoms with van der Waals surface area (Å²) in [6, 6.07) is 10.9. The van der Waals surface area contributed by atoms with Crippen molar-refractivity contribution in [1.82, 2.24) is 20.0 Å². The number of benzene rings is 3. The van der Waals surface area contributed by atoms with E-state index in [1.807, 2.05) is 62.3 Å². The third kappa shape index (κ3) is 5.87. The molecule has 0 bridgehead atoms. The maximum atomic E-state index is 13.5. The highest BCUT2D eigenvalue weighted by atomic mass is 35.5. The maximum Gasteiger partial charge on any atom is 0.261 e. The van der Waals surface area contributed by atoms with E-state index in [0.717, 1.165) is 53.6 Å². The largest absolute Gasteiger partial charge is 0.324 e. The van der Waals surface area contributed by atoms with Gasteiger partial charge in [-0.05, 0) is 88.6 Å². The molecule has 0 spiro atoms. The fourth-order valence-corrected chi connectivity index (χ4v) is 7.19. The lowest BCUT2D eigenvalue weighted by Gasteiger charge is -2.33. The standard InChI is InChI=1S/C38H40ClN5O4/c1-5-18-42(6-2)32-15-14-29-34-26(32)11-8-13-28(34)36(46)44(37(29)47)22-21-41(4)19-9-16-40-17-20-43-35(45)27-12-7-10-25-24(3)31(39)23-30(33(25)27)38(43)48/h5-6,8,11-15,18,23,40H,2,7,9-10,16-17,19-22H2,1,3-4H3/b18-5-. The molecule has 10 heteroatoms. The lowest BCUT2D eigenvalue weighted by atomic mass is 9.81. The number of nitrogens with one attached hydrogen (secondary N) is 1. The van der Waals surface area contributed by atoms with Gasteiger partial charge in [0, 0.05) is 82.2 Å². The van der Waals surface area contributed by atoms with Gasteiger partial charge in [0.2, 0.25) is 0 Å². The van der Waals surface area contributed by atoms with Crippen molar-refractivity contribution in [3.63, 3.8) is 0 Å². The van der Waals surface area contributed by atoms with Gasteiger partial charge in [0.25, 0.3) is 23.6 Å². The first-order valence-electron chi connectivity index (χ1n) is 16.4. The van der Waals surface area contributed by atoms with Crippen LogP contribution in [0.1, 0.15) is 67.5 Å². The molecule has 48 heavy (non-hydrogen) atoms. The Balaban J connectivity index is 0.998. The third-order valence-corrected chi connectivity index (χ3v) is 9.87. The number of amides is 4. The van der Waals surface area contributed by atoms with Gasteiger partial charge in [-0.25, -0.2) is 0 Å². The molecule has 2 aliphatic heterocycles. The highest BCUT2D eigenvalue weighted by Gasteiger charge is 2.38. The molecule has 0 fully saturated rings. The molecule has 0 radical (unpaired) electrons. The monoisotopic (exact) mass is 665 g/mol. The quantitative estimate of drug-likeness (QED) is 0.182. The van der Waals surface area contributed by atoms with E-state index in [9.17, 15) is 19.2 Å². The molecule has 3 aromatic rings. The van der Waals surface area contributed by atoms with Crippen LogP contribution in [0, 0.1) is 6.92 Å². The van der Waals surface area contributed by atoms with Crippen molar-refractivity contribution < 1.29 is 19.2 Å². The Kier molecular flexibility index (Phi) is 9.64. The number of carbonyl (C=O) groups is 4.